The number of H-pyrrole nitrogens is 1. The molecule has 2 N–H and O–H groups in total. The maximum atomic E-state index is 11.7. The molecular formula is C18H22N4O2S. The van der Waals surface area contributed by atoms with Crippen molar-refractivity contribution in [3.05, 3.63) is 41.6 Å². The second kappa shape index (κ2) is 7.38. The summed E-state index contributed by atoms with van der Waals surface area (Å²) in [7, 11) is -3.17. The largest absolute Gasteiger partial charge is 0.280 e. The lowest BCUT2D eigenvalue weighted by molar-refractivity contribution is 0.369. The number of nitriles is 1. The van der Waals surface area contributed by atoms with Gasteiger partial charge in [-0.25, -0.2) is 13.1 Å². The molecule has 1 aromatic heterocycles. The Hall–Kier alpha value is -2.17. The zero-order chi connectivity index (χ0) is 17.9. The van der Waals surface area contributed by atoms with E-state index in [9.17, 15) is 13.7 Å². The molecule has 1 aliphatic rings. The van der Waals surface area contributed by atoms with E-state index in [2.05, 4.69) is 21.0 Å². The van der Waals surface area contributed by atoms with Crippen molar-refractivity contribution in [1.29, 1.82) is 5.26 Å². The summed E-state index contributed by atoms with van der Waals surface area (Å²) in [5, 5.41) is 17.0. The Balaban J connectivity index is 1.74. The summed E-state index contributed by atoms with van der Waals surface area (Å²) < 4.78 is 26.2. The van der Waals surface area contributed by atoms with E-state index in [1.807, 2.05) is 30.3 Å². The highest BCUT2D eigenvalue weighted by molar-refractivity contribution is 7.89. The van der Waals surface area contributed by atoms with Crippen LogP contribution in [0, 0.1) is 11.3 Å². The first kappa shape index (κ1) is 17.6. The van der Waals surface area contributed by atoms with Crippen LogP contribution in [0.25, 0.3) is 11.3 Å². The molecule has 0 spiro atoms. The Labute approximate surface area is 148 Å². The molecule has 0 aliphatic heterocycles. The van der Waals surface area contributed by atoms with Gasteiger partial charge in [0.1, 0.15) is 17.3 Å². The lowest BCUT2D eigenvalue weighted by atomic mass is 9.83. The van der Waals surface area contributed by atoms with Crippen LogP contribution in [0.5, 0.6) is 0 Å². The fraction of sp³-hybridized carbons (Fsp3) is 0.444. The van der Waals surface area contributed by atoms with E-state index in [0.717, 1.165) is 36.9 Å². The maximum absolute atomic E-state index is 11.7. The molecule has 132 valence electrons. The first-order chi connectivity index (χ1) is 12.0. The van der Waals surface area contributed by atoms with E-state index >= 15 is 0 Å². The fourth-order valence-corrected chi connectivity index (χ4v) is 4.32. The summed E-state index contributed by atoms with van der Waals surface area (Å²) >= 11 is 0. The van der Waals surface area contributed by atoms with E-state index in [0.29, 0.717) is 11.3 Å². The van der Waals surface area contributed by atoms with Crippen molar-refractivity contribution in [2.45, 2.75) is 44.6 Å². The van der Waals surface area contributed by atoms with Gasteiger partial charge in [0.2, 0.25) is 10.0 Å². The average Bonchev–Trinajstić information content (AvgIpc) is 3.07. The maximum Gasteiger partial charge on any atom is 0.211 e. The highest BCUT2D eigenvalue weighted by Crippen LogP contribution is 2.36. The number of aromatic nitrogens is 2. The van der Waals surface area contributed by atoms with Gasteiger partial charge in [-0.3, -0.25) is 5.10 Å². The monoisotopic (exact) mass is 358 g/mol. The van der Waals surface area contributed by atoms with Crippen molar-refractivity contribution in [3.63, 3.8) is 0 Å². The van der Waals surface area contributed by atoms with Crippen LogP contribution in [0.1, 0.15) is 49.8 Å². The predicted molar refractivity (Wildman–Crippen MR) is 96.3 cm³/mol. The quantitative estimate of drug-likeness (QED) is 0.858. The molecule has 7 heteroatoms. The first-order valence-corrected chi connectivity index (χ1v) is 10.2. The van der Waals surface area contributed by atoms with E-state index in [4.69, 9.17) is 0 Å². The van der Waals surface area contributed by atoms with E-state index in [-0.39, 0.29) is 17.7 Å². The lowest BCUT2D eigenvalue weighted by Gasteiger charge is -2.28. The second-order valence-electron chi connectivity index (χ2n) is 6.41. The Morgan fingerprint density at radius 1 is 1.24 bits per heavy atom. The Kier molecular flexibility index (Phi) is 5.21. The summed E-state index contributed by atoms with van der Waals surface area (Å²) in [5.41, 5.74) is 3.08. The van der Waals surface area contributed by atoms with Gasteiger partial charge in [-0.05, 0) is 32.6 Å². The summed E-state index contributed by atoms with van der Waals surface area (Å²) in [6.07, 6.45) is 3.22. The van der Waals surface area contributed by atoms with Gasteiger partial charge in [0, 0.05) is 17.5 Å². The smallest absolute Gasteiger partial charge is 0.211 e. The molecule has 1 aromatic carbocycles. The van der Waals surface area contributed by atoms with Gasteiger partial charge >= 0.3 is 0 Å². The van der Waals surface area contributed by atoms with Crippen molar-refractivity contribution >= 4 is 10.0 Å². The summed E-state index contributed by atoms with van der Waals surface area (Å²) in [6.45, 7) is 1.64. The van der Waals surface area contributed by atoms with Crippen molar-refractivity contribution in [2.24, 2.45) is 0 Å². The molecule has 1 fully saturated rings. The number of benzene rings is 1. The summed E-state index contributed by atoms with van der Waals surface area (Å²) in [4.78, 5) is 0. The topological polar surface area (TPSA) is 98.6 Å². The molecule has 6 nitrogen and oxygen atoms in total. The van der Waals surface area contributed by atoms with Crippen LogP contribution in [0.3, 0.4) is 0 Å². The van der Waals surface area contributed by atoms with Crippen LogP contribution >= 0.6 is 0 Å². The third-order valence-electron chi connectivity index (χ3n) is 4.82. The zero-order valence-corrected chi connectivity index (χ0v) is 15.0. The number of aromatic amines is 1. The molecule has 0 amide bonds. The van der Waals surface area contributed by atoms with E-state index in [1.54, 1.807) is 6.92 Å². The van der Waals surface area contributed by atoms with Crippen LogP contribution in [0.2, 0.25) is 0 Å². The number of hydrogen-bond acceptors (Lipinski definition) is 4. The molecule has 1 aliphatic carbocycles. The van der Waals surface area contributed by atoms with Gasteiger partial charge in [-0.15, -0.1) is 0 Å². The minimum atomic E-state index is -3.17. The van der Waals surface area contributed by atoms with Crippen molar-refractivity contribution in [2.75, 3.05) is 5.75 Å². The normalized spacial score (nSPS) is 21.0. The van der Waals surface area contributed by atoms with Gasteiger partial charge in [0.25, 0.3) is 0 Å². The molecule has 0 unspecified atom stereocenters. The standard InChI is InChI=1S/C18H22N4O2S/c1-2-25(23,24)22-15-10-8-14(9-11-15)18-16(12-19)17(20-21-18)13-6-4-3-5-7-13/h3-7,14-15,22H,2,8-11H2,1H3,(H,20,21). The molecule has 0 radical (unpaired) electrons. The molecular weight excluding hydrogens is 336 g/mol. The SMILES string of the molecule is CCS(=O)(=O)NC1CCC(c2[nH]nc(-c3ccccc3)c2C#N)CC1. The van der Waals surface area contributed by atoms with Gasteiger partial charge < -0.3 is 0 Å². The number of nitrogens with one attached hydrogen (secondary N) is 2. The molecule has 25 heavy (non-hydrogen) atoms. The predicted octanol–water partition coefficient (Wildman–Crippen LogP) is 2.91. The Morgan fingerprint density at radius 2 is 1.92 bits per heavy atom. The first-order valence-electron chi connectivity index (χ1n) is 8.58. The highest BCUT2D eigenvalue weighted by atomic mass is 32.2. The van der Waals surface area contributed by atoms with E-state index < -0.39 is 10.0 Å². The van der Waals surface area contributed by atoms with Gasteiger partial charge in [-0.1, -0.05) is 30.3 Å². The molecule has 0 bridgehead atoms. The van der Waals surface area contributed by atoms with Crippen LogP contribution in [-0.2, 0) is 10.0 Å². The van der Waals surface area contributed by atoms with Gasteiger partial charge in [0.15, 0.2) is 0 Å². The highest BCUT2D eigenvalue weighted by Gasteiger charge is 2.28. The molecule has 1 heterocycles. The Bertz CT molecular complexity index is 860. The van der Waals surface area contributed by atoms with Crippen LogP contribution in [0.4, 0.5) is 0 Å². The molecule has 0 saturated heterocycles. The number of sulfonamides is 1. The third-order valence-corrected chi connectivity index (χ3v) is 6.27. The number of rotatable bonds is 5. The second-order valence-corrected chi connectivity index (χ2v) is 8.45. The van der Waals surface area contributed by atoms with E-state index in [1.165, 1.54) is 0 Å². The summed E-state index contributed by atoms with van der Waals surface area (Å²) in [6, 6.07) is 12.0. The molecule has 2 aromatic rings. The molecule has 3 rings (SSSR count). The van der Waals surface area contributed by atoms with Gasteiger partial charge in [0.05, 0.1) is 11.4 Å². The minimum Gasteiger partial charge on any atom is -0.280 e. The lowest BCUT2D eigenvalue weighted by Crippen LogP contribution is -2.38. The minimum absolute atomic E-state index is 0.0109. The third kappa shape index (κ3) is 3.91. The van der Waals surface area contributed by atoms with Crippen molar-refractivity contribution in [1.82, 2.24) is 14.9 Å². The Morgan fingerprint density at radius 3 is 2.52 bits per heavy atom. The van der Waals surface area contributed by atoms with Crippen molar-refractivity contribution in [3.8, 4) is 17.3 Å². The van der Waals surface area contributed by atoms with Crippen LogP contribution in [-0.4, -0.2) is 30.4 Å². The van der Waals surface area contributed by atoms with Crippen molar-refractivity contribution < 1.29 is 8.42 Å². The average molecular weight is 358 g/mol. The molecule has 0 atom stereocenters. The molecule has 1 saturated carbocycles. The van der Waals surface area contributed by atoms with Gasteiger partial charge in [-0.2, -0.15) is 10.4 Å². The van der Waals surface area contributed by atoms with Crippen LogP contribution in [0.15, 0.2) is 30.3 Å². The number of hydrogen-bond donors (Lipinski definition) is 2. The fourth-order valence-electron chi connectivity index (χ4n) is 3.41. The zero-order valence-electron chi connectivity index (χ0n) is 14.2. The summed E-state index contributed by atoms with van der Waals surface area (Å²) in [5.74, 6) is 0.314. The van der Waals surface area contributed by atoms with Crippen LogP contribution < -0.4 is 4.72 Å². The number of nitrogens with zero attached hydrogens (tertiary/aromatic N) is 2.